The van der Waals surface area contributed by atoms with E-state index < -0.39 is 29.6 Å². The molecule has 0 aliphatic heterocycles. The molecule has 0 heterocycles. The van der Waals surface area contributed by atoms with Crippen LogP contribution < -0.4 is 22.5 Å². The zero-order chi connectivity index (χ0) is 29.8. The average Bonchev–Trinajstić information content (AvgIpc) is 3.20. The van der Waals surface area contributed by atoms with Crippen LogP contribution in [0.15, 0.2) is 47.6 Å². The number of carboxylic acid groups (broad SMARTS) is 2. The predicted molar refractivity (Wildman–Crippen MR) is 160 cm³/mol. The van der Waals surface area contributed by atoms with Gasteiger partial charge in [-0.1, -0.05) is 70.6 Å². The van der Waals surface area contributed by atoms with Crippen molar-refractivity contribution < 1.29 is 56.2 Å². The number of carbonyl (C=O) groups excluding carboxylic acids is 2. The monoisotopic (exact) mass is 785 g/mol. The van der Waals surface area contributed by atoms with Crippen LogP contribution in [0, 0.1) is 34.5 Å². The first-order valence-corrected chi connectivity index (χ1v) is 15.0. The van der Waals surface area contributed by atoms with Crippen LogP contribution >= 0.6 is 0 Å². The molecule has 9 nitrogen and oxygen atoms in total. The molecule has 0 saturated heterocycles. The van der Waals surface area contributed by atoms with E-state index in [-0.39, 0.29) is 58.2 Å². The molecule has 0 aromatic heterocycles. The van der Waals surface area contributed by atoms with Crippen molar-refractivity contribution >= 4 is 11.9 Å². The zero-order valence-electron chi connectivity index (χ0n) is 26.3. The number of allylic oxidation sites excluding steroid dienone is 4. The van der Waals surface area contributed by atoms with Gasteiger partial charge in [-0.2, -0.15) is 0 Å². The second-order valence-electron chi connectivity index (χ2n) is 13.2. The Morgan fingerprint density at radius 3 is 2.07 bits per heavy atom. The molecule has 0 amide bonds. The largest absolute Gasteiger partial charge is 2.00 e. The van der Waals surface area contributed by atoms with E-state index in [1.54, 1.807) is 0 Å². The molecule has 0 radical (unpaired) electrons. The molecule has 43 heavy (non-hydrogen) atoms. The van der Waals surface area contributed by atoms with Gasteiger partial charge in [0.05, 0.1) is 30.3 Å². The van der Waals surface area contributed by atoms with Gasteiger partial charge in [-0.25, -0.2) is 0 Å². The van der Waals surface area contributed by atoms with Crippen LogP contribution in [0.2, 0.25) is 0 Å². The van der Waals surface area contributed by atoms with Crippen molar-refractivity contribution in [2.75, 3.05) is 0 Å². The third-order valence-corrected chi connectivity index (χ3v) is 10.2. The fraction of sp³-hybridized carbons (Fsp3) is 0.697. The Hall–Kier alpha value is -1.61. The van der Waals surface area contributed by atoms with E-state index in [9.17, 15) is 35.1 Å². The minimum absolute atomic E-state index is 0. The van der Waals surface area contributed by atoms with Gasteiger partial charge in [-0.3, -0.25) is 0 Å². The summed E-state index contributed by atoms with van der Waals surface area (Å²) >= 11 is 0. The minimum atomic E-state index is -1.67. The number of fused-ring (bicyclic) bond motifs is 1. The molecule has 248 valence electrons. The number of aliphatic hydroxyl groups excluding tert-OH is 3. The van der Waals surface area contributed by atoms with E-state index in [4.69, 9.17) is 0 Å². The fourth-order valence-corrected chi connectivity index (χ4v) is 7.28. The summed E-state index contributed by atoms with van der Waals surface area (Å²) in [5.74, 6) is -1.07. The Balaban J connectivity index is 0.00000116. The molecule has 10 heteroatoms. The molecule has 0 unspecified atom stereocenters. The molecule has 9 N–H and O–H groups in total. The van der Waals surface area contributed by atoms with Gasteiger partial charge in [-0.05, 0) is 91.6 Å². The number of hydrogen-bond acceptors (Lipinski definition) is 9. The summed E-state index contributed by atoms with van der Waals surface area (Å²) in [6.07, 6.45) is 15.2. The van der Waals surface area contributed by atoms with E-state index in [1.807, 2.05) is 6.08 Å². The van der Waals surface area contributed by atoms with E-state index in [0.29, 0.717) is 42.4 Å². The van der Waals surface area contributed by atoms with Crippen molar-refractivity contribution in [3.8, 4) is 0 Å². The molecule has 4 aliphatic carbocycles. The molecule has 0 bridgehead atoms. The molecular formula is C33H54N2O7Pt. The Kier molecular flexibility index (Phi) is 16.5. The van der Waals surface area contributed by atoms with E-state index in [2.05, 4.69) is 52.5 Å². The Labute approximate surface area is 272 Å². The van der Waals surface area contributed by atoms with Crippen LogP contribution in [0.25, 0.3) is 0 Å². The summed E-state index contributed by atoms with van der Waals surface area (Å²) in [6.45, 7) is 13.0. The van der Waals surface area contributed by atoms with Crippen molar-refractivity contribution in [2.45, 2.75) is 110 Å². The van der Waals surface area contributed by atoms with Gasteiger partial charge in [0.25, 0.3) is 0 Å². The topological polar surface area (TPSA) is 211 Å². The van der Waals surface area contributed by atoms with Crippen molar-refractivity contribution in [3.05, 3.63) is 47.6 Å². The van der Waals surface area contributed by atoms with Gasteiger partial charge in [0.15, 0.2) is 0 Å². The molecule has 0 spiro atoms. The van der Waals surface area contributed by atoms with Crippen molar-refractivity contribution in [1.29, 1.82) is 0 Å². The van der Waals surface area contributed by atoms with Crippen LogP contribution in [0.5, 0.6) is 0 Å². The normalized spacial score (nSPS) is 32.7. The number of carboxylic acids is 2. The molecule has 7 atom stereocenters. The summed E-state index contributed by atoms with van der Waals surface area (Å²) in [4.78, 5) is 20.4. The molecule has 0 aromatic carbocycles. The van der Waals surface area contributed by atoms with Gasteiger partial charge < -0.3 is 47.4 Å². The van der Waals surface area contributed by atoms with Crippen LogP contribution in [-0.4, -0.2) is 45.6 Å². The summed E-state index contributed by atoms with van der Waals surface area (Å²) < 4.78 is 0. The minimum Gasteiger partial charge on any atom is -0.549 e. The Bertz CT molecular complexity index is 1040. The quantitative estimate of drug-likeness (QED) is 0.189. The molecule has 4 rings (SSSR count). The fourth-order valence-electron chi connectivity index (χ4n) is 7.28. The second-order valence-corrected chi connectivity index (χ2v) is 13.2. The van der Waals surface area contributed by atoms with Crippen molar-refractivity contribution in [1.82, 2.24) is 12.3 Å². The maximum absolute atomic E-state index is 10.2. The van der Waals surface area contributed by atoms with E-state index >= 15 is 0 Å². The smallest absolute Gasteiger partial charge is 0.549 e. The summed E-state index contributed by atoms with van der Waals surface area (Å²) in [6, 6.07) is 0. The number of aliphatic carboxylic acids is 2. The van der Waals surface area contributed by atoms with Gasteiger partial charge in [0, 0.05) is 11.8 Å². The van der Waals surface area contributed by atoms with Gasteiger partial charge in [0.2, 0.25) is 0 Å². The first-order chi connectivity index (χ1) is 18.7. The summed E-state index contributed by atoms with van der Waals surface area (Å²) in [5, 5.41) is 50.7. The Morgan fingerprint density at radius 2 is 1.58 bits per heavy atom. The first-order valence-electron chi connectivity index (χ1n) is 15.0. The zero-order valence-corrected chi connectivity index (χ0v) is 28.6. The molecule has 4 fully saturated rings. The van der Waals surface area contributed by atoms with Gasteiger partial charge in [0.1, 0.15) is 0 Å². The summed E-state index contributed by atoms with van der Waals surface area (Å²) in [5.41, 5.74) is 1.93. The van der Waals surface area contributed by atoms with Gasteiger partial charge >= 0.3 is 21.1 Å². The first kappa shape index (κ1) is 41.4. The third kappa shape index (κ3) is 9.21. The van der Waals surface area contributed by atoms with E-state index in [1.165, 1.54) is 31.3 Å². The molecule has 4 saturated carbocycles. The van der Waals surface area contributed by atoms with E-state index in [0.717, 1.165) is 17.6 Å². The van der Waals surface area contributed by atoms with Crippen LogP contribution in [-0.2, 0) is 30.7 Å². The average molecular weight is 786 g/mol. The third-order valence-electron chi connectivity index (χ3n) is 10.2. The van der Waals surface area contributed by atoms with Crippen LogP contribution in [0.3, 0.4) is 0 Å². The number of aliphatic hydroxyl groups is 3. The van der Waals surface area contributed by atoms with Crippen LogP contribution in [0.4, 0.5) is 0 Å². The maximum atomic E-state index is 10.2. The number of hydrogen-bond donors (Lipinski definition) is 5. The molecule has 4 aliphatic rings. The predicted octanol–water partition coefficient (Wildman–Crippen LogP) is 3.31. The Morgan fingerprint density at radius 1 is 0.977 bits per heavy atom. The SMILES string of the molecule is C=C1/C(=C\C=C2/CCC[C@]3(C)[C@@H]([C@H](C)/C=C/[C@H](O)C(C)C)CC[C@@H]23)C[C@@H](O)C[C@@H]1O.N.N.O=C([O-])C1(C(=O)[O-])CCC1.[Pt+2]. The standard InChI is InChI=1S/C27H42O3.C6H8O4.2H3N.Pt/c1-17(2)25(29)13-8-18(3)23-11-12-24-20(7-6-14-27(23,24)5)9-10-21-15-22(28)16-26(30)19(21)4;7-4(8)6(5(9)10)2-1-3-6;;;/h8-10,13,17-18,22-26,28-30H,4,6-7,11-12,14-16H2,1-3,5H3;1-3H2,(H,7,8)(H,9,10);2*1H3;/q;;;;+2/p-2/b13-8+,20-9+,21-10-;;;;/t18-,22-,23-,24+,25+,26+,27-;;;;/m1..../s1. The maximum Gasteiger partial charge on any atom is 2.00 e. The van der Waals surface area contributed by atoms with Crippen LogP contribution in [0.1, 0.15) is 91.9 Å². The number of carbonyl (C=O) groups is 2. The second kappa shape index (κ2) is 17.2. The number of rotatable bonds is 7. The molecule has 0 aromatic rings. The summed E-state index contributed by atoms with van der Waals surface area (Å²) in [7, 11) is 0. The van der Waals surface area contributed by atoms with Crippen molar-refractivity contribution in [3.63, 3.8) is 0 Å². The molecular weight excluding hydrogens is 731 g/mol. The van der Waals surface area contributed by atoms with Gasteiger partial charge in [-0.15, -0.1) is 0 Å². The van der Waals surface area contributed by atoms with Crippen molar-refractivity contribution in [2.24, 2.45) is 34.5 Å².